The van der Waals surface area contributed by atoms with Gasteiger partial charge in [0, 0.05) is 35.3 Å². The molecule has 2 N–H and O–H groups in total. The zero-order valence-corrected chi connectivity index (χ0v) is 16.3. The third kappa shape index (κ3) is 3.02. The molecule has 0 saturated carbocycles. The smallest absolute Gasteiger partial charge is 0.326 e. The summed E-state index contributed by atoms with van der Waals surface area (Å²) in [6, 6.07) is 14.0. The highest BCUT2D eigenvalue weighted by Gasteiger charge is 2.54. The van der Waals surface area contributed by atoms with Crippen LogP contribution in [0.5, 0.6) is 0 Å². The summed E-state index contributed by atoms with van der Waals surface area (Å²) in [5, 5.41) is 13.3. The van der Waals surface area contributed by atoms with E-state index in [2.05, 4.69) is 5.32 Å². The van der Waals surface area contributed by atoms with E-state index < -0.39 is 0 Å². The molecule has 0 unspecified atom stereocenters. The van der Waals surface area contributed by atoms with Gasteiger partial charge in [-0.3, -0.25) is 9.69 Å². The number of aliphatic hydroxyl groups excluding tert-OH is 1. The van der Waals surface area contributed by atoms with E-state index in [4.69, 9.17) is 11.6 Å². The number of benzene rings is 2. The Balaban J connectivity index is 1.66. The summed E-state index contributed by atoms with van der Waals surface area (Å²) < 4.78 is 0. The monoisotopic (exact) mass is 399 g/mol. The molecule has 0 spiro atoms. The molecule has 1 fully saturated rings. The lowest BCUT2D eigenvalue weighted by atomic mass is 9.72. The summed E-state index contributed by atoms with van der Waals surface area (Å²) in [4.78, 5) is 28.9. The molecule has 2 aromatic carbocycles. The topological polar surface area (TPSA) is 72.9 Å². The summed E-state index contributed by atoms with van der Waals surface area (Å²) in [5.41, 5.74) is 2.41. The van der Waals surface area contributed by atoms with Crippen LogP contribution in [0.3, 0.4) is 0 Å². The van der Waals surface area contributed by atoms with Gasteiger partial charge in [-0.05, 0) is 29.8 Å². The van der Waals surface area contributed by atoms with Crippen LogP contribution in [0.1, 0.15) is 24.8 Å². The second-order valence-corrected chi connectivity index (χ2v) is 7.54. The fourth-order valence-corrected chi connectivity index (χ4v) is 4.56. The Morgan fingerprint density at radius 3 is 2.71 bits per heavy atom. The SMILES string of the molecule is CCC(=O)N1[C@@H](CO)[C@@H]2c3ccccc3N(C(=O)Nc3cccc(Cl)c3)C[C@@H]21. The molecule has 3 atom stereocenters. The fraction of sp³-hybridized carbons (Fsp3) is 0.333. The lowest BCUT2D eigenvalue weighted by molar-refractivity contribution is -0.149. The van der Waals surface area contributed by atoms with Gasteiger partial charge in [0.2, 0.25) is 5.91 Å². The van der Waals surface area contributed by atoms with Gasteiger partial charge in [0.05, 0.1) is 18.7 Å². The normalized spacial score (nSPS) is 22.8. The van der Waals surface area contributed by atoms with Crippen LogP contribution in [0, 0.1) is 0 Å². The van der Waals surface area contributed by atoms with Crippen LogP contribution in [0.4, 0.5) is 16.2 Å². The molecule has 146 valence electrons. The average molecular weight is 400 g/mol. The first-order valence-electron chi connectivity index (χ1n) is 9.40. The Bertz CT molecular complexity index is 919. The van der Waals surface area contributed by atoms with Crippen molar-refractivity contribution in [3.8, 4) is 0 Å². The first kappa shape index (κ1) is 18.8. The summed E-state index contributed by atoms with van der Waals surface area (Å²) in [6.07, 6.45) is 0.371. The minimum absolute atomic E-state index is 0.00474. The summed E-state index contributed by atoms with van der Waals surface area (Å²) >= 11 is 6.02. The minimum Gasteiger partial charge on any atom is -0.394 e. The second-order valence-electron chi connectivity index (χ2n) is 7.11. The maximum Gasteiger partial charge on any atom is 0.326 e. The number of nitrogens with zero attached hydrogens (tertiary/aromatic N) is 2. The van der Waals surface area contributed by atoms with Gasteiger partial charge in [0.25, 0.3) is 0 Å². The van der Waals surface area contributed by atoms with Gasteiger partial charge in [-0.2, -0.15) is 0 Å². The van der Waals surface area contributed by atoms with Crippen molar-refractivity contribution in [1.29, 1.82) is 0 Å². The summed E-state index contributed by atoms with van der Waals surface area (Å²) in [6.45, 7) is 2.11. The number of para-hydroxylation sites is 1. The molecule has 3 amide bonds. The van der Waals surface area contributed by atoms with Crippen LogP contribution in [0.2, 0.25) is 5.02 Å². The van der Waals surface area contributed by atoms with E-state index in [0.29, 0.717) is 23.7 Å². The van der Waals surface area contributed by atoms with Crippen LogP contribution in [-0.4, -0.2) is 47.2 Å². The van der Waals surface area contributed by atoms with E-state index in [1.807, 2.05) is 31.2 Å². The quantitative estimate of drug-likeness (QED) is 0.830. The number of likely N-dealkylation sites (tertiary alicyclic amines) is 1. The predicted molar refractivity (Wildman–Crippen MR) is 109 cm³/mol. The highest BCUT2D eigenvalue weighted by atomic mass is 35.5. The number of nitrogens with one attached hydrogen (secondary N) is 1. The van der Waals surface area contributed by atoms with E-state index in [1.165, 1.54) is 0 Å². The number of amides is 3. The van der Waals surface area contributed by atoms with E-state index in [9.17, 15) is 14.7 Å². The molecule has 2 aliphatic rings. The minimum atomic E-state index is -0.274. The highest BCUT2D eigenvalue weighted by Crippen LogP contribution is 2.48. The van der Waals surface area contributed by atoms with Gasteiger partial charge in [-0.1, -0.05) is 42.8 Å². The fourth-order valence-electron chi connectivity index (χ4n) is 4.37. The third-order valence-electron chi connectivity index (χ3n) is 5.60. The van der Waals surface area contributed by atoms with Crippen LogP contribution in [-0.2, 0) is 4.79 Å². The number of hydrogen-bond acceptors (Lipinski definition) is 3. The van der Waals surface area contributed by atoms with Gasteiger partial charge in [0.1, 0.15) is 0 Å². The second kappa shape index (κ2) is 7.45. The first-order chi connectivity index (χ1) is 13.5. The van der Waals surface area contributed by atoms with Gasteiger partial charge in [-0.25, -0.2) is 4.79 Å². The zero-order chi connectivity index (χ0) is 19.8. The number of carbonyl (C=O) groups excluding carboxylic acids is 2. The Morgan fingerprint density at radius 2 is 2.00 bits per heavy atom. The molecule has 2 aliphatic heterocycles. The van der Waals surface area contributed by atoms with Crippen LogP contribution in [0.25, 0.3) is 0 Å². The molecular weight excluding hydrogens is 378 g/mol. The number of halogens is 1. The maximum atomic E-state index is 13.0. The molecule has 0 bridgehead atoms. The van der Waals surface area contributed by atoms with Crippen LogP contribution in [0.15, 0.2) is 48.5 Å². The summed E-state index contributed by atoms with van der Waals surface area (Å²) in [5.74, 6) is 0.0294. The molecule has 7 heteroatoms. The number of aliphatic hydroxyl groups is 1. The Hall–Kier alpha value is -2.57. The van der Waals surface area contributed by atoms with Crippen molar-refractivity contribution in [2.75, 3.05) is 23.4 Å². The van der Waals surface area contributed by atoms with Crippen molar-refractivity contribution in [2.24, 2.45) is 0 Å². The van der Waals surface area contributed by atoms with Crippen molar-refractivity contribution in [2.45, 2.75) is 31.3 Å². The van der Waals surface area contributed by atoms with Crippen molar-refractivity contribution >= 4 is 34.9 Å². The Kier molecular flexibility index (Phi) is 5.00. The Labute approximate surface area is 168 Å². The zero-order valence-electron chi connectivity index (χ0n) is 15.5. The molecule has 28 heavy (non-hydrogen) atoms. The highest BCUT2D eigenvalue weighted by molar-refractivity contribution is 6.30. The van der Waals surface area contributed by atoms with E-state index >= 15 is 0 Å². The number of anilines is 2. The number of urea groups is 1. The number of fused-ring (bicyclic) bond motifs is 3. The molecule has 2 heterocycles. The lowest BCUT2D eigenvalue weighted by Gasteiger charge is -2.58. The predicted octanol–water partition coefficient (Wildman–Crippen LogP) is 3.46. The first-order valence-corrected chi connectivity index (χ1v) is 9.78. The third-order valence-corrected chi connectivity index (χ3v) is 5.83. The van der Waals surface area contributed by atoms with Crippen molar-refractivity contribution in [1.82, 2.24) is 4.90 Å². The van der Waals surface area contributed by atoms with E-state index in [0.717, 1.165) is 11.3 Å². The molecule has 0 radical (unpaired) electrons. The lowest BCUT2D eigenvalue weighted by Crippen LogP contribution is -2.70. The molecule has 2 aromatic rings. The van der Waals surface area contributed by atoms with Crippen molar-refractivity contribution in [3.63, 3.8) is 0 Å². The van der Waals surface area contributed by atoms with Gasteiger partial charge < -0.3 is 15.3 Å². The largest absolute Gasteiger partial charge is 0.394 e. The average Bonchev–Trinajstić information content (AvgIpc) is 2.68. The molecular formula is C21H22ClN3O3. The molecule has 4 rings (SSSR count). The number of carbonyl (C=O) groups is 2. The van der Waals surface area contributed by atoms with Crippen LogP contribution < -0.4 is 10.2 Å². The maximum absolute atomic E-state index is 13.0. The van der Waals surface area contributed by atoms with Crippen molar-refractivity contribution in [3.05, 3.63) is 59.1 Å². The van der Waals surface area contributed by atoms with E-state index in [-0.39, 0.29) is 36.5 Å². The Morgan fingerprint density at radius 1 is 1.21 bits per heavy atom. The van der Waals surface area contributed by atoms with Crippen LogP contribution >= 0.6 is 11.6 Å². The van der Waals surface area contributed by atoms with Gasteiger partial charge >= 0.3 is 6.03 Å². The number of hydrogen-bond donors (Lipinski definition) is 2. The standard InChI is InChI=1S/C21H22ClN3O3/c1-2-19(27)25-17-11-24(21(28)23-14-7-5-6-13(22)10-14)16-9-4-3-8-15(16)20(17)18(25)12-26/h3-10,17-18,20,26H,2,11-12H2,1H3,(H,23,28)/t17-,18-,20+/m0/s1. The van der Waals surface area contributed by atoms with Gasteiger partial charge in [0.15, 0.2) is 0 Å². The van der Waals surface area contributed by atoms with Crippen molar-refractivity contribution < 1.29 is 14.7 Å². The number of rotatable bonds is 3. The summed E-state index contributed by atoms with van der Waals surface area (Å²) in [7, 11) is 0. The molecule has 6 nitrogen and oxygen atoms in total. The molecule has 1 saturated heterocycles. The molecule has 0 aromatic heterocycles. The van der Waals surface area contributed by atoms with Gasteiger partial charge in [-0.15, -0.1) is 0 Å². The van der Waals surface area contributed by atoms with E-state index in [1.54, 1.807) is 34.1 Å². The molecule has 0 aliphatic carbocycles.